The number of rotatable bonds is 7. The van der Waals surface area contributed by atoms with Crippen molar-refractivity contribution < 1.29 is 19.1 Å². The van der Waals surface area contributed by atoms with Crippen LogP contribution >= 0.6 is 27.7 Å². The van der Waals surface area contributed by atoms with E-state index in [1.807, 2.05) is 44.2 Å². The Morgan fingerprint density at radius 3 is 2.61 bits per heavy atom. The van der Waals surface area contributed by atoms with Gasteiger partial charge in [0.15, 0.2) is 11.5 Å². The Morgan fingerprint density at radius 1 is 1.09 bits per heavy atom. The summed E-state index contributed by atoms with van der Waals surface area (Å²) in [7, 11) is 1.58. The van der Waals surface area contributed by atoms with Crippen LogP contribution in [-0.2, 0) is 11.4 Å². The first-order valence-corrected chi connectivity index (χ1v) is 12.3. The summed E-state index contributed by atoms with van der Waals surface area (Å²) < 4.78 is 12.4. The summed E-state index contributed by atoms with van der Waals surface area (Å²) in [6.45, 7) is 4.22. The Morgan fingerprint density at radius 2 is 1.85 bits per heavy atom. The molecule has 3 aromatic carbocycles. The highest BCUT2D eigenvalue weighted by molar-refractivity contribution is 9.10. The lowest BCUT2D eigenvalue weighted by atomic mass is 10.1. The van der Waals surface area contributed by atoms with Crippen molar-refractivity contribution in [2.75, 3.05) is 7.11 Å². The molecule has 3 aromatic rings. The zero-order valence-corrected chi connectivity index (χ0v) is 21.0. The van der Waals surface area contributed by atoms with Crippen molar-refractivity contribution in [3.05, 3.63) is 75.1 Å². The van der Waals surface area contributed by atoms with Gasteiger partial charge in [0, 0.05) is 10.5 Å². The number of halogens is 1. The number of fused-ring (bicyclic) bond motifs is 1. The van der Waals surface area contributed by atoms with E-state index in [1.54, 1.807) is 19.3 Å². The molecule has 0 bridgehead atoms. The smallest absolute Gasteiger partial charge is 0.293 e. The molecular weight excluding hydrogens is 502 g/mol. The van der Waals surface area contributed by atoms with Gasteiger partial charge in [0.25, 0.3) is 11.1 Å². The quantitative estimate of drug-likeness (QED) is 0.310. The molecule has 0 N–H and O–H groups in total. The Kier molecular flexibility index (Phi) is 7.10. The van der Waals surface area contributed by atoms with Gasteiger partial charge in [0.05, 0.1) is 12.0 Å². The van der Waals surface area contributed by atoms with Crippen molar-refractivity contribution in [3.8, 4) is 11.5 Å². The van der Waals surface area contributed by atoms with Gasteiger partial charge < -0.3 is 9.47 Å². The molecule has 0 unspecified atom stereocenters. The van der Waals surface area contributed by atoms with Gasteiger partial charge in [-0.15, -0.1) is 0 Å². The molecule has 170 valence electrons. The van der Waals surface area contributed by atoms with Crippen molar-refractivity contribution in [3.63, 3.8) is 0 Å². The van der Waals surface area contributed by atoms with Crippen LogP contribution in [0.2, 0.25) is 0 Å². The Balaban J connectivity index is 1.59. The van der Waals surface area contributed by atoms with E-state index in [9.17, 15) is 9.59 Å². The van der Waals surface area contributed by atoms with Crippen molar-refractivity contribution in [1.82, 2.24) is 4.90 Å². The molecule has 5 nitrogen and oxygen atoms in total. The number of hydrogen-bond donors (Lipinski definition) is 0. The van der Waals surface area contributed by atoms with E-state index in [-0.39, 0.29) is 17.2 Å². The minimum Gasteiger partial charge on any atom is -0.493 e. The van der Waals surface area contributed by atoms with E-state index in [0.717, 1.165) is 38.1 Å². The van der Waals surface area contributed by atoms with Gasteiger partial charge in [-0.05, 0) is 65.2 Å². The summed E-state index contributed by atoms with van der Waals surface area (Å²) in [4.78, 5) is 26.8. The number of carbonyl (C=O) groups is 2. The van der Waals surface area contributed by atoms with Crippen LogP contribution in [0.3, 0.4) is 0 Å². The topological polar surface area (TPSA) is 55.8 Å². The summed E-state index contributed by atoms with van der Waals surface area (Å²) >= 11 is 4.54. The third kappa shape index (κ3) is 4.80. The van der Waals surface area contributed by atoms with Crippen LogP contribution in [0.15, 0.2) is 64.0 Å². The summed E-state index contributed by atoms with van der Waals surface area (Å²) in [6.07, 6.45) is 2.43. The Labute approximate surface area is 205 Å². The van der Waals surface area contributed by atoms with Crippen molar-refractivity contribution in [1.29, 1.82) is 0 Å². The predicted molar refractivity (Wildman–Crippen MR) is 137 cm³/mol. The summed E-state index contributed by atoms with van der Waals surface area (Å²) in [5.41, 5.74) is 1.81. The molecule has 0 aromatic heterocycles. The molecule has 33 heavy (non-hydrogen) atoms. The van der Waals surface area contributed by atoms with E-state index in [0.29, 0.717) is 29.4 Å². The number of benzene rings is 3. The fourth-order valence-corrected chi connectivity index (χ4v) is 5.05. The molecule has 7 heteroatoms. The molecule has 1 heterocycles. The average molecular weight is 526 g/mol. The Bertz CT molecular complexity index is 1250. The van der Waals surface area contributed by atoms with Gasteiger partial charge in [0.2, 0.25) is 0 Å². The molecule has 4 rings (SSSR count). The van der Waals surface area contributed by atoms with Gasteiger partial charge in [-0.1, -0.05) is 65.3 Å². The van der Waals surface area contributed by atoms with E-state index in [1.165, 1.54) is 4.90 Å². The standard InChI is InChI=1S/C26H24BrNO4S/c1-4-16(2)28-25(29)24(33-26(28)30)13-19-12-22(31-3)23(14-21(19)27)32-15-18-10-7-9-17-8-5-6-11-20(17)18/h5-14,16H,4,15H2,1-3H3/b24-13+/t16-/m0/s1. The number of imide groups is 1. The highest BCUT2D eigenvalue weighted by atomic mass is 79.9. The van der Waals surface area contributed by atoms with Crippen molar-refractivity contribution >= 4 is 55.7 Å². The fourth-order valence-electron chi connectivity index (χ4n) is 3.69. The van der Waals surface area contributed by atoms with Crippen LogP contribution in [0, 0.1) is 0 Å². The molecule has 0 aliphatic carbocycles. The van der Waals surface area contributed by atoms with Crippen LogP contribution in [0.25, 0.3) is 16.8 Å². The molecule has 1 aliphatic heterocycles. The molecule has 0 spiro atoms. The lowest BCUT2D eigenvalue weighted by molar-refractivity contribution is -0.124. The van der Waals surface area contributed by atoms with E-state index >= 15 is 0 Å². The van der Waals surface area contributed by atoms with Crippen LogP contribution in [0.1, 0.15) is 31.4 Å². The molecule has 1 aliphatic rings. The highest BCUT2D eigenvalue weighted by Gasteiger charge is 2.37. The fraction of sp³-hybridized carbons (Fsp3) is 0.231. The molecular formula is C26H24BrNO4S. The van der Waals surface area contributed by atoms with Crippen LogP contribution in [0.5, 0.6) is 11.5 Å². The first-order valence-electron chi connectivity index (χ1n) is 10.7. The Hall–Kier alpha value is -2.77. The SMILES string of the molecule is CC[C@H](C)N1C(=O)S/C(=C/c2cc(OC)c(OCc3cccc4ccccc34)cc2Br)C1=O. The van der Waals surface area contributed by atoms with Gasteiger partial charge >= 0.3 is 0 Å². The second kappa shape index (κ2) is 10.0. The lowest BCUT2D eigenvalue weighted by Gasteiger charge is -2.19. The highest BCUT2D eigenvalue weighted by Crippen LogP contribution is 2.39. The molecule has 0 saturated carbocycles. The summed E-state index contributed by atoms with van der Waals surface area (Å²) in [5, 5.41) is 2.07. The molecule has 1 atom stereocenters. The normalized spacial score (nSPS) is 16.0. The van der Waals surface area contributed by atoms with Gasteiger partial charge in [-0.25, -0.2) is 0 Å². The van der Waals surface area contributed by atoms with E-state index < -0.39 is 0 Å². The minimum absolute atomic E-state index is 0.133. The monoisotopic (exact) mass is 525 g/mol. The first kappa shape index (κ1) is 23.4. The minimum atomic E-state index is -0.263. The third-order valence-corrected chi connectivity index (χ3v) is 7.26. The summed E-state index contributed by atoms with van der Waals surface area (Å²) in [5.74, 6) is 0.870. The third-order valence-electron chi connectivity index (χ3n) is 5.69. The molecule has 1 saturated heterocycles. The maximum Gasteiger partial charge on any atom is 0.293 e. The van der Waals surface area contributed by atoms with Crippen molar-refractivity contribution in [2.45, 2.75) is 32.9 Å². The number of carbonyl (C=O) groups excluding carboxylic acids is 2. The van der Waals surface area contributed by atoms with E-state index in [4.69, 9.17) is 9.47 Å². The number of amides is 2. The van der Waals surface area contributed by atoms with Gasteiger partial charge in [0.1, 0.15) is 6.61 Å². The summed E-state index contributed by atoms with van der Waals surface area (Å²) in [6, 6.07) is 17.8. The number of thioether (sulfide) groups is 1. The van der Waals surface area contributed by atoms with Gasteiger partial charge in [-0.3, -0.25) is 14.5 Å². The molecule has 1 fully saturated rings. The predicted octanol–water partition coefficient (Wildman–Crippen LogP) is 7.02. The molecule has 0 radical (unpaired) electrons. The lowest BCUT2D eigenvalue weighted by Crippen LogP contribution is -2.36. The van der Waals surface area contributed by atoms with E-state index in [2.05, 4.69) is 34.1 Å². The maximum absolute atomic E-state index is 12.8. The van der Waals surface area contributed by atoms with Crippen LogP contribution < -0.4 is 9.47 Å². The number of nitrogens with zero attached hydrogens (tertiary/aromatic N) is 1. The zero-order valence-electron chi connectivity index (χ0n) is 18.6. The second-order valence-electron chi connectivity index (χ2n) is 7.76. The van der Waals surface area contributed by atoms with Gasteiger partial charge in [-0.2, -0.15) is 0 Å². The number of methoxy groups -OCH3 is 1. The second-order valence-corrected chi connectivity index (χ2v) is 9.61. The maximum atomic E-state index is 12.8. The zero-order chi connectivity index (χ0) is 23.5. The largest absolute Gasteiger partial charge is 0.493 e. The van der Waals surface area contributed by atoms with Crippen LogP contribution in [-0.4, -0.2) is 29.2 Å². The number of hydrogen-bond acceptors (Lipinski definition) is 5. The average Bonchev–Trinajstić information content (AvgIpc) is 3.11. The molecule has 2 amide bonds. The first-order chi connectivity index (χ1) is 15.9. The van der Waals surface area contributed by atoms with Crippen molar-refractivity contribution in [2.24, 2.45) is 0 Å². The number of ether oxygens (including phenoxy) is 2. The van der Waals surface area contributed by atoms with Crippen LogP contribution in [0.4, 0.5) is 4.79 Å².